The maximum absolute atomic E-state index is 15.2. The summed E-state index contributed by atoms with van der Waals surface area (Å²) in [5.74, 6) is -0.265. The third kappa shape index (κ3) is 4.34. The van der Waals surface area contributed by atoms with E-state index in [0.717, 1.165) is 28.4 Å². The van der Waals surface area contributed by atoms with Crippen LogP contribution in [0, 0.1) is 0 Å². The molecule has 1 aromatic carbocycles. The Labute approximate surface area is 174 Å². The Kier molecular flexibility index (Phi) is 5.78. The number of fused-ring (bicyclic) bond motifs is 1. The number of piperidine rings is 1. The summed E-state index contributed by atoms with van der Waals surface area (Å²) in [5.41, 5.74) is 0.145. The number of aryl methyl sites for hydroxylation is 1. The molecule has 0 unspecified atom stereocenters. The van der Waals surface area contributed by atoms with Crippen molar-refractivity contribution in [2.75, 3.05) is 38.7 Å². The van der Waals surface area contributed by atoms with Crippen LogP contribution in [0.3, 0.4) is 0 Å². The molecular weight excluding hydrogens is 385 g/mol. The van der Waals surface area contributed by atoms with Gasteiger partial charge in [-0.3, -0.25) is 9.48 Å². The number of rotatable bonds is 6. The fourth-order valence-corrected chi connectivity index (χ4v) is 3.77. The maximum atomic E-state index is 15.2. The summed E-state index contributed by atoms with van der Waals surface area (Å²) in [5, 5.41) is 8.75. The highest BCUT2D eigenvalue weighted by Gasteiger charge is 2.41. The summed E-state index contributed by atoms with van der Waals surface area (Å²) in [7, 11) is 3.52. The van der Waals surface area contributed by atoms with Gasteiger partial charge in [0.25, 0.3) is 5.91 Å². The second kappa shape index (κ2) is 8.49. The third-order valence-electron chi connectivity index (χ3n) is 5.67. The lowest BCUT2D eigenvalue weighted by molar-refractivity contribution is -0.130. The number of halogens is 1. The number of ether oxygens (including phenoxy) is 1. The minimum absolute atomic E-state index is 0.168. The molecule has 8 heteroatoms. The lowest BCUT2D eigenvalue weighted by Gasteiger charge is -2.35. The van der Waals surface area contributed by atoms with Gasteiger partial charge in [-0.25, -0.2) is 9.37 Å². The van der Waals surface area contributed by atoms with Gasteiger partial charge in [0.15, 0.2) is 5.67 Å². The molecule has 0 aliphatic carbocycles. The number of hydrogen-bond donors (Lipinski definition) is 1. The first-order valence-electron chi connectivity index (χ1n) is 10.1. The minimum atomic E-state index is -1.88. The third-order valence-corrected chi connectivity index (χ3v) is 5.67. The van der Waals surface area contributed by atoms with Gasteiger partial charge in [-0.15, -0.1) is 0 Å². The van der Waals surface area contributed by atoms with Gasteiger partial charge in [-0.05, 0) is 23.1 Å². The molecule has 3 heterocycles. The lowest BCUT2D eigenvalue weighted by atomic mass is 9.92. The Morgan fingerprint density at radius 1 is 1.20 bits per heavy atom. The van der Waals surface area contributed by atoms with Gasteiger partial charge in [0.1, 0.15) is 5.82 Å². The van der Waals surface area contributed by atoms with E-state index in [4.69, 9.17) is 4.74 Å². The van der Waals surface area contributed by atoms with Crippen molar-refractivity contribution in [1.82, 2.24) is 19.7 Å². The molecule has 0 saturated carbocycles. The second-order valence-electron chi connectivity index (χ2n) is 7.79. The predicted molar refractivity (Wildman–Crippen MR) is 114 cm³/mol. The van der Waals surface area contributed by atoms with Gasteiger partial charge >= 0.3 is 0 Å². The predicted octanol–water partition coefficient (Wildman–Crippen LogP) is 3.02. The van der Waals surface area contributed by atoms with Crippen molar-refractivity contribution in [1.29, 1.82) is 0 Å². The molecular formula is C22H26FN5O2. The van der Waals surface area contributed by atoms with Crippen LogP contribution >= 0.6 is 0 Å². The largest absolute Gasteiger partial charge is 0.383 e. The van der Waals surface area contributed by atoms with Crippen LogP contribution in [-0.2, 0) is 16.6 Å². The van der Waals surface area contributed by atoms with Crippen molar-refractivity contribution in [3.63, 3.8) is 0 Å². The Morgan fingerprint density at radius 3 is 2.70 bits per heavy atom. The van der Waals surface area contributed by atoms with Gasteiger partial charge < -0.3 is 15.0 Å². The van der Waals surface area contributed by atoms with Gasteiger partial charge in [0.05, 0.1) is 12.8 Å². The summed E-state index contributed by atoms with van der Waals surface area (Å²) in [6.45, 7) is 2.42. The lowest BCUT2D eigenvalue weighted by Crippen LogP contribution is -2.49. The molecule has 4 rings (SSSR count). The Morgan fingerprint density at radius 2 is 2.00 bits per heavy atom. The summed E-state index contributed by atoms with van der Waals surface area (Å²) in [4.78, 5) is 19.1. The molecule has 1 N–H and O–H groups in total. The van der Waals surface area contributed by atoms with E-state index in [1.54, 1.807) is 30.3 Å². The van der Waals surface area contributed by atoms with Gasteiger partial charge in [-0.1, -0.05) is 12.1 Å². The van der Waals surface area contributed by atoms with Crippen molar-refractivity contribution >= 4 is 22.5 Å². The Bertz CT molecular complexity index is 1040. The quantitative estimate of drug-likeness (QED) is 0.675. The topological polar surface area (TPSA) is 72.3 Å². The molecule has 1 amide bonds. The van der Waals surface area contributed by atoms with E-state index in [0.29, 0.717) is 25.5 Å². The van der Waals surface area contributed by atoms with Crippen molar-refractivity contribution in [3.8, 4) is 11.1 Å². The molecule has 1 aliphatic heterocycles. The first kappa shape index (κ1) is 20.4. The van der Waals surface area contributed by atoms with Crippen LogP contribution in [-0.4, -0.2) is 64.6 Å². The number of hydrogen-bond acceptors (Lipinski definition) is 5. The zero-order chi connectivity index (χ0) is 21.1. The Hall–Kier alpha value is -2.84. The number of alkyl halides is 1. The number of likely N-dealkylation sites (tertiary alicyclic amines) is 1. The molecule has 0 bridgehead atoms. The highest BCUT2D eigenvalue weighted by molar-refractivity contribution is 5.98. The van der Waals surface area contributed by atoms with Crippen LogP contribution in [0.15, 0.2) is 42.9 Å². The molecule has 158 valence electrons. The van der Waals surface area contributed by atoms with Gasteiger partial charge in [-0.2, -0.15) is 5.10 Å². The minimum Gasteiger partial charge on any atom is -0.383 e. The number of methoxy groups -OCH3 is 1. The molecule has 0 spiro atoms. The summed E-state index contributed by atoms with van der Waals surface area (Å²) in [6.07, 6.45) is 5.77. The van der Waals surface area contributed by atoms with E-state index >= 15 is 4.39 Å². The molecule has 0 radical (unpaired) electrons. The van der Waals surface area contributed by atoms with E-state index in [1.165, 1.54) is 0 Å². The SMILES string of the molecule is COCCN1CCC(F)(C(=O)Nc2cc3cc(-c4cnn(C)c4)ccc3cn2)CC1. The van der Waals surface area contributed by atoms with E-state index in [2.05, 4.69) is 20.3 Å². The van der Waals surface area contributed by atoms with Crippen molar-refractivity contribution in [3.05, 3.63) is 42.9 Å². The van der Waals surface area contributed by atoms with Crippen molar-refractivity contribution < 1.29 is 13.9 Å². The number of amides is 1. The highest BCUT2D eigenvalue weighted by atomic mass is 19.1. The van der Waals surface area contributed by atoms with Crippen LogP contribution in [0.1, 0.15) is 12.8 Å². The second-order valence-corrected chi connectivity index (χ2v) is 7.79. The van der Waals surface area contributed by atoms with Gasteiger partial charge in [0, 0.05) is 70.0 Å². The molecule has 3 aromatic rings. The highest BCUT2D eigenvalue weighted by Crippen LogP contribution is 2.29. The van der Waals surface area contributed by atoms with Crippen LogP contribution in [0.2, 0.25) is 0 Å². The first-order chi connectivity index (χ1) is 14.5. The van der Waals surface area contributed by atoms with E-state index in [-0.39, 0.29) is 12.8 Å². The van der Waals surface area contributed by atoms with E-state index in [1.807, 2.05) is 31.4 Å². The number of pyridine rings is 1. The molecule has 1 aliphatic rings. The first-order valence-corrected chi connectivity index (χ1v) is 10.1. The zero-order valence-electron chi connectivity index (χ0n) is 17.3. The zero-order valence-corrected chi connectivity index (χ0v) is 17.3. The normalized spacial score (nSPS) is 16.6. The monoisotopic (exact) mass is 411 g/mol. The van der Waals surface area contributed by atoms with Gasteiger partial charge in [0.2, 0.25) is 0 Å². The summed E-state index contributed by atoms with van der Waals surface area (Å²) >= 11 is 0. The van der Waals surface area contributed by atoms with E-state index in [9.17, 15) is 4.79 Å². The summed E-state index contributed by atoms with van der Waals surface area (Å²) in [6, 6.07) is 7.78. The smallest absolute Gasteiger partial charge is 0.263 e. The number of aromatic nitrogens is 3. The molecule has 30 heavy (non-hydrogen) atoms. The van der Waals surface area contributed by atoms with Crippen LogP contribution < -0.4 is 5.32 Å². The van der Waals surface area contributed by atoms with Crippen molar-refractivity contribution in [2.24, 2.45) is 7.05 Å². The van der Waals surface area contributed by atoms with Crippen molar-refractivity contribution in [2.45, 2.75) is 18.5 Å². The standard InChI is InChI=1S/C22H26FN5O2/c1-27-15-19(14-25-27)16-3-4-17-13-24-20(12-18(17)11-16)26-21(29)22(23)5-7-28(8-6-22)9-10-30-2/h3-4,11-15H,5-10H2,1-2H3,(H,24,26,29). The number of nitrogens with zero attached hydrogens (tertiary/aromatic N) is 4. The van der Waals surface area contributed by atoms with Crippen LogP contribution in [0.5, 0.6) is 0 Å². The van der Waals surface area contributed by atoms with Crippen LogP contribution in [0.25, 0.3) is 21.9 Å². The molecule has 0 atom stereocenters. The van der Waals surface area contributed by atoms with Crippen LogP contribution in [0.4, 0.5) is 10.2 Å². The Balaban J connectivity index is 1.47. The fourth-order valence-electron chi connectivity index (χ4n) is 3.77. The average Bonchev–Trinajstić information content (AvgIpc) is 3.19. The number of nitrogens with one attached hydrogen (secondary N) is 1. The number of carbonyl (C=O) groups excluding carboxylic acids is 1. The molecule has 2 aromatic heterocycles. The molecule has 1 saturated heterocycles. The number of benzene rings is 1. The molecule has 1 fully saturated rings. The average molecular weight is 411 g/mol. The fraction of sp³-hybridized carbons (Fsp3) is 0.409. The number of anilines is 1. The van der Waals surface area contributed by atoms with E-state index < -0.39 is 11.6 Å². The maximum Gasteiger partial charge on any atom is 0.263 e. The summed E-state index contributed by atoms with van der Waals surface area (Å²) < 4.78 is 22.1. The number of carbonyl (C=O) groups is 1. The molecule has 7 nitrogen and oxygen atoms in total.